The molecule has 1 N–H and O–H groups in total. The lowest BCUT2D eigenvalue weighted by molar-refractivity contribution is 0.102. The number of anilines is 1. The van der Waals surface area contributed by atoms with E-state index >= 15 is 0 Å². The van der Waals surface area contributed by atoms with E-state index in [1.807, 2.05) is 72.8 Å². The molecule has 0 spiro atoms. The molecule has 0 saturated carbocycles. The van der Waals surface area contributed by atoms with Crippen molar-refractivity contribution < 1.29 is 4.79 Å². The van der Waals surface area contributed by atoms with E-state index in [1.54, 1.807) is 12.1 Å². The van der Waals surface area contributed by atoms with Crippen LogP contribution in [-0.2, 0) is 0 Å². The Labute approximate surface area is 166 Å². The molecule has 0 unspecified atom stereocenters. The zero-order valence-corrected chi connectivity index (χ0v) is 15.6. The van der Waals surface area contributed by atoms with Gasteiger partial charge in [-0.25, -0.2) is 0 Å². The van der Waals surface area contributed by atoms with Crippen LogP contribution in [0.15, 0.2) is 84.9 Å². The average Bonchev–Trinajstić information content (AvgIpc) is 3.22. The van der Waals surface area contributed by atoms with Crippen molar-refractivity contribution in [3.63, 3.8) is 0 Å². The van der Waals surface area contributed by atoms with Crippen molar-refractivity contribution in [2.24, 2.45) is 0 Å². The van der Waals surface area contributed by atoms with Crippen molar-refractivity contribution in [1.82, 2.24) is 10.2 Å². The van der Waals surface area contributed by atoms with Gasteiger partial charge in [0.1, 0.15) is 5.01 Å². The van der Waals surface area contributed by atoms with Crippen LogP contribution in [0.1, 0.15) is 21.5 Å². The summed E-state index contributed by atoms with van der Waals surface area (Å²) in [5.74, 6) is 5.97. The first-order valence-corrected chi connectivity index (χ1v) is 9.47. The maximum Gasteiger partial charge on any atom is 0.257 e. The van der Waals surface area contributed by atoms with E-state index in [-0.39, 0.29) is 5.91 Å². The number of rotatable bonds is 3. The van der Waals surface area contributed by atoms with Gasteiger partial charge < -0.3 is 0 Å². The van der Waals surface area contributed by atoms with E-state index in [0.717, 1.165) is 21.7 Å². The Bertz CT molecular complexity index is 1140. The summed E-state index contributed by atoms with van der Waals surface area (Å²) in [4.78, 5) is 12.4. The summed E-state index contributed by atoms with van der Waals surface area (Å²) < 4.78 is 0. The molecule has 4 nitrogen and oxygen atoms in total. The maximum atomic E-state index is 12.4. The summed E-state index contributed by atoms with van der Waals surface area (Å²) in [7, 11) is 0. The second kappa shape index (κ2) is 8.30. The molecule has 1 heterocycles. The van der Waals surface area contributed by atoms with Crippen LogP contribution in [0.25, 0.3) is 10.6 Å². The van der Waals surface area contributed by atoms with Gasteiger partial charge in [-0.3, -0.25) is 10.1 Å². The normalized spacial score (nSPS) is 10.0. The fourth-order valence-corrected chi connectivity index (χ4v) is 3.26. The van der Waals surface area contributed by atoms with Crippen LogP contribution in [0.3, 0.4) is 0 Å². The van der Waals surface area contributed by atoms with Crippen LogP contribution in [0.4, 0.5) is 5.13 Å². The lowest BCUT2D eigenvalue weighted by atomic mass is 10.1. The maximum absolute atomic E-state index is 12.4. The Morgan fingerprint density at radius 2 is 1.36 bits per heavy atom. The van der Waals surface area contributed by atoms with Gasteiger partial charge >= 0.3 is 0 Å². The minimum Gasteiger partial charge on any atom is -0.296 e. The molecule has 0 bridgehead atoms. The molecule has 134 valence electrons. The lowest BCUT2D eigenvalue weighted by Crippen LogP contribution is -2.11. The third kappa shape index (κ3) is 4.32. The van der Waals surface area contributed by atoms with Crippen molar-refractivity contribution >= 4 is 22.4 Å². The second-order valence-corrected chi connectivity index (χ2v) is 6.90. The Morgan fingerprint density at radius 1 is 0.750 bits per heavy atom. The number of carbonyl (C=O) groups excluding carboxylic acids is 1. The number of aromatic nitrogens is 2. The SMILES string of the molecule is O=C(Nc1nnc(-c2ccccc2)s1)c1ccc(C#Cc2ccccc2)cc1. The van der Waals surface area contributed by atoms with E-state index in [4.69, 9.17) is 0 Å². The Balaban J connectivity index is 1.43. The molecule has 0 fully saturated rings. The predicted octanol–water partition coefficient (Wildman–Crippen LogP) is 4.86. The number of carbonyl (C=O) groups is 1. The molecule has 0 aliphatic carbocycles. The molecule has 1 aromatic heterocycles. The molecular formula is C23H15N3OS. The van der Waals surface area contributed by atoms with Gasteiger partial charge in [0.05, 0.1) is 0 Å². The Morgan fingerprint density at radius 3 is 2.04 bits per heavy atom. The first kappa shape index (κ1) is 17.7. The Hall–Kier alpha value is -3.75. The number of nitrogens with zero attached hydrogens (tertiary/aromatic N) is 2. The number of hydrogen-bond acceptors (Lipinski definition) is 4. The molecule has 0 atom stereocenters. The number of amides is 1. The first-order chi connectivity index (χ1) is 13.8. The van der Waals surface area contributed by atoms with Crippen LogP contribution in [0.2, 0.25) is 0 Å². The molecule has 1 amide bonds. The number of benzene rings is 3. The molecule has 0 aliphatic heterocycles. The minimum absolute atomic E-state index is 0.224. The zero-order valence-electron chi connectivity index (χ0n) is 14.8. The van der Waals surface area contributed by atoms with Gasteiger partial charge in [0.25, 0.3) is 5.91 Å². The van der Waals surface area contributed by atoms with Crippen molar-refractivity contribution in [3.05, 3.63) is 102 Å². The van der Waals surface area contributed by atoms with Crippen LogP contribution in [-0.4, -0.2) is 16.1 Å². The lowest BCUT2D eigenvalue weighted by Gasteiger charge is -2.01. The van der Waals surface area contributed by atoms with Gasteiger partial charge in [-0.1, -0.05) is 71.7 Å². The highest BCUT2D eigenvalue weighted by Crippen LogP contribution is 2.26. The van der Waals surface area contributed by atoms with Crippen LogP contribution in [0, 0.1) is 11.8 Å². The molecule has 4 aromatic rings. The third-order valence-corrected chi connectivity index (χ3v) is 4.83. The van der Waals surface area contributed by atoms with Gasteiger partial charge in [0.15, 0.2) is 0 Å². The average molecular weight is 381 g/mol. The van der Waals surface area contributed by atoms with E-state index in [0.29, 0.717) is 10.7 Å². The number of hydrogen-bond donors (Lipinski definition) is 1. The van der Waals surface area contributed by atoms with E-state index < -0.39 is 0 Å². The predicted molar refractivity (Wildman–Crippen MR) is 112 cm³/mol. The highest BCUT2D eigenvalue weighted by molar-refractivity contribution is 7.18. The topological polar surface area (TPSA) is 54.9 Å². The number of nitrogens with one attached hydrogen (secondary N) is 1. The Kier molecular flexibility index (Phi) is 5.23. The highest BCUT2D eigenvalue weighted by atomic mass is 32.1. The van der Waals surface area contributed by atoms with Crippen molar-refractivity contribution in [3.8, 4) is 22.4 Å². The van der Waals surface area contributed by atoms with Gasteiger partial charge in [-0.2, -0.15) is 0 Å². The van der Waals surface area contributed by atoms with Crippen molar-refractivity contribution in [2.45, 2.75) is 0 Å². The minimum atomic E-state index is -0.224. The monoisotopic (exact) mass is 381 g/mol. The fourth-order valence-electron chi connectivity index (χ4n) is 2.51. The van der Waals surface area contributed by atoms with Crippen LogP contribution < -0.4 is 5.32 Å². The molecule has 28 heavy (non-hydrogen) atoms. The van der Waals surface area contributed by atoms with E-state index in [2.05, 4.69) is 27.4 Å². The quantitative estimate of drug-likeness (QED) is 0.516. The zero-order chi connectivity index (χ0) is 19.2. The highest BCUT2D eigenvalue weighted by Gasteiger charge is 2.11. The van der Waals surface area contributed by atoms with Gasteiger partial charge in [0.2, 0.25) is 5.13 Å². The van der Waals surface area contributed by atoms with E-state index in [1.165, 1.54) is 11.3 Å². The van der Waals surface area contributed by atoms with Gasteiger partial charge in [-0.15, -0.1) is 10.2 Å². The summed E-state index contributed by atoms with van der Waals surface area (Å²) in [6.07, 6.45) is 0. The molecular weight excluding hydrogens is 366 g/mol. The van der Waals surface area contributed by atoms with Crippen LogP contribution >= 0.6 is 11.3 Å². The summed E-state index contributed by atoms with van der Waals surface area (Å²) in [6.45, 7) is 0. The summed E-state index contributed by atoms with van der Waals surface area (Å²) in [5, 5.41) is 12.2. The largest absolute Gasteiger partial charge is 0.296 e. The van der Waals surface area contributed by atoms with Crippen molar-refractivity contribution in [2.75, 3.05) is 5.32 Å². The molecule has 5 heteroatoms. The summed E-state index contributed by atoms with van der Waals surface area (Å²) in [5.41, 5.74) is 3.32. The smallest absolute Gasteiger partial charge is 0.257 e. The standard InChI is InChI=1S/C23H15N3OS/c27-21(24-23-26-25-22(28-23)20-9-5-2-6-10-20)19-15-13-18(14-16-19)12-11-17-7-3-1-4-8-17/h1-10,13-16H,(H,24,26,27). The fraction of sp³-hybridized carbons (Fsp3) is 0. The third-order valence-electron chi connectivity index (χ3n) is 3.94. The molecule has 0 saturated heterocycles. The summed E-state index contributed by atoms with van der Waals surface area (Å²) in [6, 6.07) is 26.7. The van der Waals surface area contributed by atoms with Crippen molar-refractivity contribution in [1.29, 1.82) is 0 Å². The first-order valence-electron chi connectivity index (χ1n) is 8.65. The van der Waals surface area contributed by atoms with Gasteiger partial charge in [-0.05, 0) is 36.4 Å². The second-order valence-electron chi connectivity index (χ2n) is 5.93. The van der Waals surface area contributed by atoms with Gasteiger partial charge in [0, 0.05) is 22.3 Å². The van der Waals surface area contributed by atoms with E-state index in [9.17, 15) is 4.79 Å². The summed E-state index contributed by atoms with van der Waals surface area (Å²) >= 11 is 1.34. The molecule has 0 aliphatic rings. The van der Waals surface area contributed by atoms with Crippen LogP contribution in [0.5, 0.6) is 0 Å². The molecule has 3 aromatic carbocycles. The molecule has 4 rings (SSSR count). The molecule has 0 radical (unpaired) electrons.